The SMILES string of the molecule is CCCCC1(CCCC)NC(N)N(C2CCN(C(=O)c3ccc4c(c3)OCO4)CC2)C1=O. The van der Waals surface area contributed by atoms with Crippen molar-refractivity contribution in [3.63, 3.8) is 0 Å². The minimum atomic E-state index is -0.537. The Morgan fingerprint density at radius 3 is 2.44 bits per heavy atom. The van der Waals surface area contributed by atoms with E-state index in [1.165, 1.54) is 0 Å². The van der Waals surface area contributed by atoms with Gasteiger partial charge in [0.2, 0.25) is 12.7 Å². The summed E-state index contributed by atoms with van der Waals surface area (Å²) in [6, 6.07) is 5.36. The Kier molecular flexibility index (Phi) is 6.90. The molecule has 1 atom stereocenters. The fourth-order valence-electron chi connectivity index (χ4n) is 5.18. The number of ether oxygens (including phenoxy) is 2. The van der Waals surface area contributed by atoms with Crippen LogP contribution in [-0.2, 0) is 4.79 Å². The van der Waals surface area contributed by atoms with Gasteiger partial charge in [-0.2, -0.15) is 0 Å². The van der Waals surface area contributed by atoms with Crippen molar-refractivity contribution in [2.24, 2.45) is 5.73 Å². The lowest BCUT2D eigenvalue weighted by molar-refractivity contribution is -0.136. The number of nitrogens with zero attached hydrogens (tertiary/aromatic N) is 2. The number of fused-ring (bicyclic) bond motifs is 1. The predicted octanol–water partition coefficient (Wildman–Crippen LogP) is 2.81. The summed E-state index contributed by atoms with van der Waals surface area (Å²) < 4.78 is 10.7. The first-order valence-corrected chi connectivity index (χ1v) is 12.0. The molecule has 32 heavy (non-hydrogen) atoms. The van der Waals surface area contributed by atoms with Crippen LogP contribution in [0.4, 0.5) is 0 Å². The molecule has 2 saturated heterocycles. The maximum Gasteiger partial charge on any atom is 0.253 e. The number of piperidine rings is 1. The molecular weight excluding hydrogens is 408 g/mol. The van der Waals surface area contributed by atoms with Crippen molar-refractivity contribution in [1.82, 2.24) is 15.1 Å². The highest BCUT2D eigenvalue weighted by atomic mass is 16.7. The van der Waals surface area contributed by atoms with Gasteiger partial charge in [-0.25, -0.2) is 0 Å². The zero-order chi connectivity index (χ0) is 22.7. The van der Waals surface area contributed by atoms with Crippen LogP contribution in [-0.4, -0.2) is 59.4 Å². The molecule has 176 valence electrons. The van der Waals surface area contributed by atoms with Gasteiger partial charge in [-0.15, -0.1) is 0 Å². The molecule has 1 unspecified atom stereocenters. The lowest BCUT2D eigenvalue weighted by Gasteiger charge is -2.38. The molecule has 2 amide bonds. The minimum absolute atomic E-state index is 0.0165. The smallest absolute Gasteiger partial charge is 0.253 e. The predicted molar refractivity (Wildman–Crippen MR) is 121 cm³/mol. The normalized spacial score (nSPS) is 22.6. The Hall–Kier alpha value is -2.32. The number of likely N-dealkylation sites (tertiary alicyclic amines) is 1. The van der Waals surface area contributed by atoms with Crippen molar-refractivity contribution >= 4 is 11.8 Å². The molecule has 0 saturated carbocycles. The van der Waals surface area contributed by atoms with E-state index in [2.05, 4.69) is 19.2 Å². The summed E-state index contributed by atoms with van der Waals surface area (Å²) in [5, 5.41) is 3.47. The van der Waals surface area contributed by atoms with E-state index < -0.39 is 11.8 Å². The van der Waals surface area contributed by atoms with Gasteiger partial charge in [0.25, 0.3) is 5.91 Å². The van der Waals surface area contributed by atoms with E-state index in [-0.39, 0.29) is 24.6 Å². The third kappa shape index (κ3) is 4.30. The van der Waals surface area contributed by atoms with E-state index in [9.17, 15) is 9.59 Å². The zero-order valence-corrected chi connectivity index (χ0v) is 19.3. The van der Waals surface area contributed by atoms with Gasteiger partial charge in [0.15, 0.2) is 11.5 Å². The lowest BCUT2D eigenvalue weighted by atomic mass is 9.86. The van der Waals surface area contributed by atoms with Crippen molar-refractivity contribution in [3.8, 4) is 11.5 Å². The van der Waals surface area contributed by atoms with E-state index in [1.807, 2.05) is 9.80 Å². The van der Waals surface area contributed by atoms with Crippen LogP contribution in [0.15, 0.2) is 18.2 Å². The fraction of sp³-hybridized carbons (Fsp3) is 0.667. The number of carbonyl (C=O) groups excluding carboxylic acids is 2. The standard InChI is InChI=1S/C24H36N4O4/c1-3-5-11-24(12-6-4-2)22(30)28(23(25)26-24)18-9-13-27(14-10-18)21(29)17-7-8-19-20(15-17)32-16-31-19/h7-8,15,18,23,26H,3-6,9-14,16,25H2,1-2H3. The molecule has 1 aromatic carbocycles. The Morgan fingerprint density at radius 2 is 1.78 bits per heavy atom. The maximum atomic E-state index is 13.6. The Labute approximate surface area is 190 Å². The van der Waals surface area contributed by atoms with Crippen LogP contribution in [0.3, 0.4) is 0 Å². The van der Waals surface area contributed by atoms with Gasteiger partial charge in [0.1, 0.15) is 11.8 Å². The second-order valence-corrected chi connectivity index (χ2v) is 9.18. The summed E-state index contributed by atoms with van der Waals surface area (Å²) in [7, 11) is 0. The molecule has 2 fully saturated rings. The number of unbranched alkanes of at least 4 members (excludes halogenated alkanes) is 2. The Morgan fingerprint density at radius 1 is 1.12 bits per heavy atom. The topological polar surface area (TPSA) is 97.1 Å². The maximum absolute atomic E-state index is 13.6. The first-order valence-electron chi connectivity index (χ1n) is 12.0. The summed E-state index contributed by atoms with van der Waals surface area (Å²) in [5.74, 6) is 1.41. The van der Waals surface area contributed by atoms with Gasteiger partial charge < -0.3 is 19.3 Å². The number of hydrogen-bond acceptors (Lipinski definition) is 6. The van der Waals surface area contributed by atoms with Crippen LogP contribution in [0.5, 0.6) is 11.5 Å². The van der Waals surface area contributed by atoms with Crippen molar-refractivity contribution in [2.45, 2.75) is 83.1 Å². The molecule has 3 N–H and O–H groups in total. The number of amides is 2. The molecule has 0 bridgehead atoms. The summed E-state index contributed by atoms with van der Waals surface area (Å²) in [6.45, 7) is 5.69. The van der Waals surface area contributed by atoms with Gasteiger partial charge in [-0.1, -0.05) is 39.5 Å². The minimum Gasteiger partial charge on any atom is -0.454 e. The summed E-state index contributed by atoms with van der Waals surface area (Å²) in [4.78, 5) is 30.3. The van der Waals surface area contributed by atoms with E-state index in [4.69, 9.17) is 15.2 Å². The van der Waals surface area contributed by atoms with E-state index in [0.717, 1.165) is 51.4 Å². The quantitative estimate of drug-likeness (QED) is 0.640. The van der Waals surface area contributed by atoms with E-state index in [1.54, 1.807) is 18.2 Å². The number of nitrogens with one attached hydrogen (secondary N) is 1. The Balaban J connectivity index is 1.40. The molecule has 3 aliphatic heterocycles. The van der Waals surface area contributed by atoms with Gasteiger partial charge in [-0.05, 0) is 43.9 Å². The number of carbonyl (C=O) groups is 2. The summed E-state index contributed by atoms with van der Waals surface area (Å²) >= 11 is 0. The van der Waals surface area contributed by atoms with Crippen LogP contribution in [0.2, 0.25) is 0 Å². The highest BCUT2D eigenvalue weighted by molar-refractivity contribution is 5.95. The first-order chi connectivity index (χ1) is 15.5. The molecule has 0 aromatic heterocycles. The van der Waals surface area contributed by atoms with Gasteiger partial charge in [0, 0.05) is 24.7 Å². The van der Waals surface area contributed by atoms with Crippen LogP contribution in [0, 0.1) is 0 Å². The highest BCUT2D eigenvalue weighted by Gasteiger charge is 2.51. The molecule has 0 spiro atoms. The van der Waals surface area contributed by atoms with Crippen molar-refractivity contribution in [1.29, 1.82) is 0 Å². The monoisotopic (exact) mass is 444 g/mol. The molecule has 1 aromatic rings. The third-order valence-corrected chi connectivity index (χ3v) is 7.05. The molecule has 3 aliphatic rings. The van der Waals surface area contributed by atoms with Gasteiger partial charge >= 0.3 is 0 Å². The van der Waals surface area contributed by atoms with Crippen LogP contribution < -0.4 is 20.5 Å². The number of hydrogen-bond donors (Lipinski definition) is 2. The average Bonchev–Trinajstić information content (AvgIpc) is 3.37. The average molecular weight is 445 g/mol. The zero-order valence-electron chi connectivity index (χ0n) is 19.3. The van der Waals surface area contributed by atoms with Crippen molar-refractivity contribution in [3.05, 3.63) is 23.8 Å². The van der Waals surface area contributed by atoms with Crippen molar-refractivity contribution < 1.29 is 19.1 Å². The summed E-state index contributed by atoms with van der Waals surface area (Å²) in [6.07, 6.45) is 6.78. The molecule has 0 aliphatic carbocycles. The molecule has 4 rings (SSSR count). The largest absolute Gasteiger partial charge is 0.454 e. The van der Waals surface area contributed by atoms with E-state index in [0.29, 0.717) is 30.2 Å². The summed E-state index contributed by atoms with van der Waals surface area (Å²) in [5.41, 5.74) is 6.51. The molecular formula is C24H36N4O4. The second-order valence-electron chi connectivity index (χ2n) is 9.18. The number of nitrogens with two attached hydrogens (primary N) is 1. The number of benzene rings is 1. The van der Waals surface area contributed by atoms with Gasteiger partial charge in [-0.3, -0.25) is 20.6 Å². The van der Waals surface area contributed by atoms with Crippen LogP contribution >= 0.6 is 0 Å². The molecule has 3 heterocycles. The fourth-order valence-corrected chi connectivity index (χ4v) is 5.18. The molecule has 8 nitrogen and oxygen atoms in total. The van der Waals surface area contributed by atoms with Crippen LogP contribution in [0.1, 0.15) is 75.6 Å². The van der Waals surface area contributed by atoms with Crippen LogP contribution in [0.25, 0.3) is 0 Å². The molecule has 0 radical (unpaired) electrons. The van der Waals surface area contributed by atoms with E-state index >= 15 is 0 Å². The number of rotatable bonds is 8. The second kappa shape index (κ2) is 9.67. The lowest BCUT2D eigenvalue weighted by Crippen LogP contribution is -2.54. The Bertz CT molecular complexity index is 829. The third-order valence-electron chi connectivity index (χ3n) is 7.05. The van der Waals surface area contributed by atoms with Crippen molar-refractivity contribution in [2.75, 3.05) is 19.9 Å². The van der Waals surface area contributed by atoms with Gasteiger partial charge in [0.05, 0.1) is 0 Å². The highest BCUT2D eigenvalue weighted by Crippen LogP contribution is 2.35. The molecule has 8 heteroatoms. The first kappa shape index (κ1) is 22.9.